The minimum atomic E-state index is -0.677. The third-order valence-corrected chi connectivity index (χ3v) is 4.57. The third-order valence-electron chi connectivity index (χ3n) is 4.22. The number of carbonyl (C=O) groups excluding carboxylic acids is 2. The quantitative estimate of drug-likeness (QED) is 0.813. The molecule has 138 valence electrons. The van der Waals surface area contributed by atoms with E-state index < -0.39 is 17.9 Å². The molecule has 0 fully saturated rings. The number of allylic oxidation sites excluding steroid dienone is 3. The Labute approximate surface area is 158 Å². The maximum Gasteiger partial charge on any atom is 0.336 e. The molecule has 5 nitrogen and oxygen atoms in total. The van der Waals surface area contributed by atoms with Gasteiger partial charge < -0.3 is 14.8 Å². The Balaban J connectivity index is 2.62. The summed E-state index contributed by atoms with van der Waals surface area (Å²) in [6.07, 6.45) is 1.68. The van der Waals surface area contributed by atoms with E-state index in [9.17, 15) is 9.59 Å². The predicted octanol–water partition coefficient (Wildman–Crippen LogP) is 3.69. The van der Waals surface area contributed by atoms with E-state index in [1.54, 1.807) is 19.9 Å². The number of benzene rings is 1. The van der Waals surface area contributed by atoms with E-state index in [1.807, 2.05) is 31.2 Å². The van der Waals surface area contributed by atoms with Gasteiger partial charge in [-0.2, -0.15) is 0 Å². The van der Waals surface area contributed by atoms with Crippen LogP contribution in [0.5, 0.6) is 0 Å². The van der Waals surface area contributed by atoms with Crippen molar-refractivity contribution in [2.45, 2.75) is 20.8 Å². The van der Waals surface area contributed by atoms with Crippen LogP contribution in [-0.4, -0.2) is 26.2 Å². The van der Waals surface area contributed by atoms with Gasteiger partial charge in [-0.05, 0) is 26.3 Å². The fraction of sp³-hybridized carbons (Fsp3) is 0.300. The molecule has 1 aromatic rings. The number of ether oxygens (including phenoxy) is 2. The maximum atomic E-state index is 12.4. The highest BCUT2D eigenvalue weighted by molar-refractivity contribution is 6.48. The molecule has 0 saturated carbocycles. The van der Waals surface area contributed by atoms with Gasteiger partial charge in [-0.1, -0.05) is 47.5 Å². The highest BCUT2D eigenvalue weighted by atomic mass is 35.5. The Morgan fingerprint density at radius 1 is 1.04 bits per heavy atom. The van der Waals surface area contributed by atoms with E-state index >= 15 is 0 Å². The zero-order chi connectivity index (χ0) is 19.4. The molecule has 0 unspecified atom stereocenters. The lowest BCUT2D eigenvalue weighted by molar-refractivity contribution is -0.137. The zero-order valence-electron chi connectivity index (χ0n) is 15.5. The largest absolute Gasteiger partial charge is 0.466 e. The van der Waals surface area contributed by atoms with E-state index in [1.165, 1.54) is 14.2 Å². The van der Waals surface area contributed by atoms with Crippen LogP contribution in [0.2, 0.25) is 0 Å². The van der Waals surface area contributed by atoms with Crippen LogP contribution in [0.4, 0.5) is 0 Å². The van der Waals surface area contributed by atoms with E-state index in [0.717, 1.165) is 11.1 Å². The Morgan fingerprint density at radius 3 is 2.04 bits per heavy atom. The normalized spacial score (nSPS) is 15.7. The molecule has 6 heteroatoms. The molecule has 1 aliphatic heterocycles. The number of methoxy groups -OCH3 is 2. The van der Waals surface area contributed by atoms with Crippen molar-refractivity contribution < 1.29 is 19.1 Å². The molecule has 0 bridgehead atoms. The van der Waals surface area contributed by atoms with Crippen LogP contribution < -0.4 is 5.32 Å². The first kappa shape index (κ1) is 19.8. The summed E-state index contributed by atoms with van der Waals surface area (Å²) in [7, 11) is 2.60. The van der Waals surface area contributed by atoms with Crippen LogP contribution in [0.15, 0.2) is 52.9 Å². The second-order valence-corrected chi connectivity index (χ2v) is 6.45. The smallest absolute Gasteiger partial charge is 0.336 e. The minimum Gasteiger partial charge on any atom is -0.466 e. The van der Waals surface area contributed by atoms with Crippen LogP contribution in [0, 0.1) is 12.8 Å². The molecule has 0 amide bonds. The Morgan fingerprint density at radius 2 is 1.58 bits per heavy atom. The molecule has 0 atom stereocenters. The summed E-state index contributed by atoms with van der Waals surface area (Å²) in [6.45, 7) is 5.47. The highest BCUT2D eigenvalue weighted by Gasteiger charge is 2.35. The Hall–Kier alpha value is -2.53. The van der Waals surface area contributed by atoms with E-state index in [2.05, 4.69) is 5.32 Å². The summed E-state index contributed by atoms with van der Waals surface area (Å²) in [6, 6.07) is 7.67. The Bertz CT molecular complexity index is 798. The molecule has 1 N–H and O–H groups in total. The lowest BCUT2D eigenvalue weighted by atomic mass is 9.84. The van der Waals surface area contributed by atoms with Gasteiger partial charge in [0.05, 0.1) is 25.4 Å². The van der Waals surface area contributed by atoms with Crippen molar-refractivity contribution in [2.75, 3.05) is 14.2 Å². The number of rotatable bonds is 4. The van der Waals surface area contributed by atoms with Crippen LogP contribution in [0.25, 0.3) is 5.03 Å². The fourth-order valence-corrected chi connectivity index (χ4v) is 3.25. The first-order valence-electron chi connectivity index (χ1n) is 8.09. The van der Waals surface area contributed by atoms with Crippen molar-refractivity contribution in [1.29, 1.82) is 0 Å². The number of esters is 2. The number of halogens is 1. The number of hydrogen-bond acceptors (Lipinski definition) is 5. The molecule has 1 heterocycles. The first-order chi connectivity index (χ1) is 12.3. The number of carbonyl (C=O) groups is 2. The van der Waals surface area contributed by atoms with Gasteiger partial charge in [0.2, 0.25) is 0 Å². The van der Waals surface area contributed by atoms with Crippen molar-refractivity contribution in [3.05, 3.63) is 64.0 Å². The molecule has 0 spiro atoms. The average Bonchev–Trinajstić information content (AvgIpc) is 2.60. The summed E-state index contributed by atoms with van der Waals surface area (Å²) >= 11 is 6.52. The number of hydrogen-bond donors (Lipinski definition) is 1. The van der Waals surface area contributed by atoms with E-state index in [0.29, 0.717) is 27.6 Å². The SMILES string of the molecule is COC(=O)C1=C(C)NC(C)=C(C(=O)OC)C1/C=C(/Cl)c1cccc(C)c1. The van der Waals surface area contributed by atoms with E-state index in [4.69, 9.17) is 21.1 Å². The van der Waals surface area contributed by atoms with Gasteiger partial charge in [-0.15, -0.1) is 0 Å². The van der Waals surface area contributed by atoms with Crippen LogP contribution in [0.3, 0.4) is 0 Å². The average molecular weight is 376 g/mol. The summed E-state index contributed by atoms with van der Waals surface area (Å²) in [4.78, 5) is 24.7. The monoisotopic (exact) mass is 375 g/mol. The summed E-state index contributed by atoms with van der Waals surface area (Å²) in [5.74, 6) is -1.73. The molecular formula is C20H22ClNO4. The molecule has 2 rings (SSSR count). The molecule has 0 saturated heterocycles. The number of dihydropyridines is 1. The van der Waals surface area contributed by atoms with Gasteiger partial charge in [-0.3, -0.25) is 0 Å². The summed E-state index contributed by atoms with van der Waals surface area (Å²) in [5.41, 5.74) is 3.72. The molecule has 1 aromatic carbocycles. The maximum absolute atomic E-state index is 12.4. The van der Waals surface area contributed by atoms with Gasteiger partial charge in [0, 0.05) is 22.3 Å². The van der Waals surface area contributed by atoms with Crippen LogP contribution in [0.1, 0.15) is 25.0 Å². The van der Waals surface area contributed by atoms with Gasteiger partial charge in [-0.25, -0.2) is 9.59 Å². The van der Waals surface area contributed by atoms with Crippen molar-refractivity contribution in [3.63, 3.8) is 0 Å². The number of aryl methyl sites for hydroxylation is 1. The van der Waals surface area contributed by atoms with Gasteiger partial charge in [0.15, 0.2) is 0 Å². The highest BCUT2D eigenvalue weighted by Crippen LogP contribution is 2.35. The lowest BCUT2D eigenvalue weighted by Gasteiger charge is -2.28. The van der Waals surface area contributed by atoms with Crippen LogP contribution in [-0.2, 0) is 19.1 Å². The van der Waals surface area contributed by atoms with Crippen molar-refractivity contribution in [1.82, 2.24) is 5.32 Å². The number of nitrogens with one attached hydrogen (secondary N) is 1. The first-order valence-corrected chi connectivity index (χ1v) is 8.47. The molecule has 1 aliphatic rings. The van der Waals surface area contributed by atoms with Crippen molar-refractivity contribution >= 4 is 28.6 Å². The Kier molecular flexibility index (Phi) is 6.27. The molecule has 0 radical (unpaired) electrons. The van der Waals surface area contributed by atoms with E-state index in [-0.39, 0.29) is 0 Å². The lowest BCUT2D eigenvalue weighted by Crippen LogP contribution is -2.32. The zero-order valence-corrected chi connectivity index (χ0v) is 16.2. The fourth-order valence-electron chi connectivity index (χ4n) is 3.01. The molecular weight excluding hydrogens is 354 g/mol. The van der Waals surface area contributed by atoms with Crippen LogP contribution >= 0.6 is 11.6 Å². The summed E-state index contributed by atoms with van der Waals surface area (Å²) in [5, 5.41) is 3.48. The molecule has 0 aliphatic carbocycles. The van der Waals surface area contributed by atoms with Gasteiger partial charge >= 0.3 is 11.9 Å². The standard InChI is InChI=1S/C20H22ClNO4/c1-11-7-6-8-14(9-11)16(21)10-15-17(19(23)25-4)12(2)22-13(3)18(15)20(24)26-5/h6-10,15,22H,1-5H3/b16-10+. The second-order valence-electron chi connectivity index (χ2n) is 6.05. The minimum absolute atomic E-state index is 0.323. The van der Waals surface area contributed by atoms with Crippen molar-refractivity contribution in [2.24, 2.45) is 5.92 Å². The molecule has 26 heavy (non-hydrogen) atoms. The predicted molar refractivity (Wildman–Crippen MR) is 101 cm³/mol. The third kappa shape index (κ3) is 3.99. The van der Waals surface area contributed by atoms with Gasteiger partial charge in [0.25, 0.3) is 0 Å². The van der Waals surface area contributed by atoms with Gasteiger partial charge in [0.1, 0.15) is 0 Å². The molecule has 0 aromatic heterocycles. The second kappa shape index (κ2) is 8.23. The summed E-state index contributed by atoms with van der Waals surface area (Å²) < 4.78 is 9.82. The topological polar surface area (TPSA) is 64.6 Å². The van der Waals surface area contributed by atoms with Crippen molar-refractivity contribution in [3.8, 4) is 0 Å².